The van der Waals surface area contributed by atoms with E-state index in [2.05, 4.69) is 21.0 Å². The van der Waals surface area contributed by atoms with E-state index in [1.807, 2.05) is 11.6 Å². The molecule has 0 saturated heterocycles. The van der Waals surface area contributed by atoms with Gasteiger partial charge >= 0.3 is 0 Å². The molecule has 0 saturated carbocycles. The van der Waals surface area contributed by atoms with E-state index in [1.165, 1.54) is 12.1 Å². The smallest absolute Gasteiger partial charge is 0.123 e. The number of aromatic nitrogens is 2. The Hall–Kier alpha value is -1.20. The largest absolute Gasteiger partial charge is 0.370 e. The molecule has 1 aliphatic heterocycles. The molecule has 0 radical (unpaired) electrons. The van der Waals surface area contributed by atoms with E-state index in [0.29, 0.717) is 6.61 Å². The number of hydrogen-bond donors (Lipinski definition) is 0. The van der Waals surface area contributed by atoms with E-state index < -0.39 is 0 Å². The van der Waals surface area contributed by atoms with Crippen LogP contribution in [-0.4, -0.2) is 15.9 Å². The van der Waals surface area contributed by atoms with Gasteiger partial charge in [0.2, 0.25) is 0 Å². The van der Waals surface area contributed by atoms with Crippen LogP contribution >= 0.6 is 15.9 Å². The van der Waals surface area contributed by atoms with Crippen molar-refractivity contribution in [3.05, 3.63) is 40.2 Å². The van der Waals surface area contributed by atoms with Crippen LogP contribution in [0.25, 0.3) is 11.3 Å². The first-order valence-corrected chi connectivity index (χ1v) is 6.57. The first kappa shape index (κ1) is 11.9. The van der Waals surface area contributed by atoms with E-state index >= 15 is 0 Å². The molecule has 0 aliphatic carbocycles. The summed E-state index contributed by atoms with van der Waals surface area (Å²) in [4.78, 5) is 0. The van der Waals surface area contributed by atoms with Gasteiger partial charge in [0, 0.05) is 5.56 Å². The predicted octanol–water partition coefficient (Wildman–Crippen LogP) is 3.37. The molecule has 2 heterocycles. The Morgan fingerprint density at radius 3 is 2.83 bits per heavy atom. The molecule has 0 bridgehead atoms. The summed E-state index contributed by atoms with van der Waals surface area (Å²) in [7, 11) is 0. The fraction of sp³-hybridized carbons (Fsp3) is 0.308. The van der Waals surface area contributed by atoms with Crippen molar-refractivity contribution in [3.63, 3.8) is 0 Å². The van der Waals surface area contributed by atoms with Crippen LogP contribution in [-0.2, 0) is 17.9 Å². The Bertz CT molecular complexity index is 579. The average Bonchev–Trinajstić information content (AvgIpc) is 2.67. The zero-order chi connectivity index (χ0) is 12.7. The Morgan fingerprint density at radius 1 is 1.39 bits per heavy atom. The zero-order valence-corrected chi connectivity index (χ0v) is 11.4. The molecule has 0 amide bonds. The minimum Gasteiger partial charge on any atom is -0.370 e. The molecule has 1 aromatic carbocycles. The van der Waals surface area contributed by atoms with Crippen LogP contribution < -0.4 is 0 Å². The Balaban J connectivity index is 2.06. The van der Waals surface area contributed by atoms with Crippen LogP contribution in [0.3, 0.4) is 0 Å². The summed E-state index contributed by atoms with van der Waals surface area (Å²) >= 11 is 3.56. The van der Waals surface area contributed by atoms with Crippen molar-refractivity contribution in [2.75, 3.05) is 0 Å². The topological polar surface area (TPSA) is 27.1 Å². The molecule has 1 aliphatic rings. The van der Waals surface area contributed by atoms with Gasteiger partial charge in [-0.15, -0.1) is 0 Å². The number of halogens is 2. The number of ether oxygens (including phenoxy) is 1. The fourth-order valence-electron chi connectivity index (χ4n) is 2.07. The molecular formula is C13H12BrFN2O. The molecule has 5 heteroatoms. The predicted molar refractivity (Wildman–Crippen MR) is 69.6 cm³/mol. The van der Waals surface area contributed by atoms with Gasteiger partial charge in [-0.1, -0.05) is 0 Å². The van der Waals surface area contributed by atoms with Gasteiger partial charge in [0.25, 0.3) is 0 Å². The Kier molecular flexibility index (Phi) is 2.95. The van der Waals surface area contributed by atoms with Crippen molar-refractivity contribution in [3.8, 4) is 11.3 Å². The first-order chi connectivity index (χ1) is 8.65. The lowest BCUT2D eigenvalue weighted by Crippen LogP contribution is -2.25. The van der Waals surface area contributed by atoms with Crippen molar-refractivity contribution in [1.29, 1.82) is 0 Å². The van der Waals surface area contributed by atoms with E-state index in [9.17, 15) is 4.39 Å². The summed E-state index contributed by atoms with van der Waals surface area (Å²) in [5.74, 6) is -0.240. The Labute approximate surface area is 113 Å². The van der Waals surface area contributed by atoms with Crippen LogP contribution in [0.1, 0.15) is 12.6 Å². The molecule has 3 rings (SSSR count). The molecule has 1 unspecified atom stereocenters. The average molecular weight is 311 g/mol. The molecule has 3 nitrogen and oxygen atoms in total. The molecule has 0 N–H and O–H groups in total. The third kappa shape index (κ3) is 1.97. The number of nitrogens with zero attached hydrogens (tertiary/aromatic N) is 2. The minimum atomic E-state index is -0.240. The zero-order valence-electron chi connectivity index (χ0n) is 9.86. The second kappa shape index (κ2) is 4.48. The highest BCUT2D eigenvalue weighted by molar-refractivity contribution is 9.10. The highest BCUT2D eigenvalue weighted by Crippen LogP contribution is 2.32. The lowest BCUT2D eigenvalue weighted by Gasteiger charge is -2.20. The van der Waals surface area contributed by atoms with E-state index in [0.717, 1.165) is 28.0 Å². The maximum Gasteiger partial charge on any atom is 0.123 e. The summed E-state index contributed by atoms with van der Waals surface area (Å²) in [5.41, 5.74) is 2.77. The van der Waals surface area contributed by atoms with Crippen LogP contribution in [0.2, 0.25) is 0 Å². The maximum atomic E-state index is 12.9. The highest BCUT2D eigenvalue weighted by Gasteiger charge is 2.22. The van der Waals surface area contributed by atoms with E-state index in [4.69, 9.17) is 4.74 Å². The minimum absolute atomic E-state index is 0.172. The van der Waals surface area contributed by atoms with Gasteiger partial charge in [-0.25, -0.2) is 4.39 Å². The van der Waals surface area contributed by atoms with Crippen LogP contribution in [0.5, 0.6) is 0 Å². The molecule has 1 aromatic heterocycles. The third-order valence-electron chi connectivity index (χ3n) is 3.05. The molecule has 0 fully saturated rings. The summed E-state index contributed by atoms with van der Waals surface area (Å²) in [5, 5.41) is 4.57. The van der Waals surface area contributed by atoms with Crippen molar-refractivity contribution in [1.82, 2.24) is 9.78 Å². The second-order valence-electron chi connectivity index (χ2n) is 4.42. The second-order valence-corrected chi connectivity index (χ2v) is 5.21. The summed E-state index contributed by atoms with van der Waals surface area (Å²) in [6.45, 7) is 3.32. The lowest BCUT2D eigenvalue weighted by atomic mass is 10.1. The standard InChI is InChI=1S/C13H12BrFN2O/c1-8-6-17-11(7-18-8)12(14)13(16-17)9-2-4-10(15)5-3-9/h2-5,8H,6-7H2,1H3. The number of hydrogen-bond acceptors (Lipinski definition) is 2. The van der Waals surface area contributed by atoms with Gasteiger partial charge in [-0.2, -0.15) is 5.10 Å². The molecule has 2 aromatic rings. The van der Waals surface area contributed by atoms with E-state index in [1.54, 1.807) is 12.1 Å². The molecule has 0 spiro atoms. The van der Waals surface area contributed by atoms with Gasteiger partial charge in [-0.3, -0.25) is 4.68 Å². The van der Waals surface area contributed by atoms with Crippen LogP contribution in [0, 0.1) is 5.82 Å². The number of benzene rings is 1. The number of rotatable bonds is 1. The summed E-state index contributed by atoms with van der Waals surface area (Å²) < 4.78 is 21.4. The lowest BCUT2D eigenvalue weighted by molar-refractivity contribution is 0.0120. The van der Waals surface area contributed by atoms with Crippen LogP contribution in [0.4, 0.5) is 4.39 Å². The van der Waals surface area contributed by atoms with Crippen molar-refractivity contribution in [2.45, 2.75) is 26.2 Å². The number of fused-ring (bicyclic) bond motifs is 1. The molecule has 1 atom stereocenters. The normalized spacial score (nSPS) is 18.7. The maximum absolute atomic E-state index is 12.9. The SMILES string of the molecule is CC1Cn2nc(-c3ccc(F)cc3)c(Br)c2CO1. The fourth-order valence-corrected chi connectivity index (χ4v) is 2.70. The molecule has 94 valence electrons. The molecular weight excluding hydrogens is 299 g/mol. The Morgan fingerprint density at radius 2 is 2.11 bits per heavy atom. The summed E-state index contributed by atoms with van der Waals surface area (Å²) in [6.07, 6.45) is 0.172. The summed E-state index contributed by atoms with van der Waals surface area (Å²) in [6, 6.07) is 6.36. The van der Waals surface area contributed by atoms with Crippen LogP contribution in [0.15, 0.2) is 28.7 Å². The highest BCUT2D eigenvalue weighted by atomic mass is 79.9. The van der Waals surface area contributed by atoms with Gasteiger partial charge in [0.15, 0.2) is 0 Å². The monoisotopic (exact) mass is 310 g/mol. The van der Waals surface area contributed by atoms with Crippen molar-refractivity contribution in [2.24, 2.45) is 0 Å². The molecule has 18 heavy (non-hydrogen) atoms. The third-order valence-corrected chi connectivity index (χ3v) is 3.88. The van der Waals surface area contributed by atoms with Gasteiger partial charge in [0.1, 0.15) is 11.5 Å². The first-order valence-electron chi connectivity index (χ1n) is 5.78. The van der Waals surface area contributed by atoms with Crippen molar-refractivity contribution >= 4 is 15.9 Å². The van der Waals surface area contributed by atoms with Gasteiger partial charge in [-0.05, 0) is 47.1 Å². The van der Waals surface area contributed by atoms with Gasteiger partial charge in [0.05, 0.1) is 29.4 Å². The van der Waals surface area contributed by atoms with Gasteiger partial charge < -0.3 is 4.74 Å². The quantitative estimate of drug-likeness (QED) is 0.807. The van der Waals surface area contributed by atoms with E-state index in [-0.39, 0.29) is 11.9 Å². The van der Waals surface area contributed by atoms with Crippen molar-refractivity contribution < 1.29 is 9.13 Å².